The Kier molecular flexibility index (Phi) is 9.67. The van der Waals surface area contributed by atoms with Crippen LogP contribution in [0.3, 0.4) is 0 Å². The highest BCUT2D eigenvalue weighted by Gasteiger charge is 2.25. The molecule has 0 atom stereocenters. The van der Waals surface area contributed by atoms with Crippen LogP contribution in [0.2, 0.25) is 0 Å². The molecule has 2 amide bonds. The second-order valence-corrected chi connectivity index (χ2v) is 9.97. The number of hydrogen-bond donors (Lipinski definition) is 3. The third kappa shape index (κ3) is 7.08. The fourth-order valence-corrected chi connectivity index (χ4v) is 4.95. The third-order valence-corrected chi connectivity index (χ3v) is 7.12. The number of fused-ring (bicyclic) bond motifs is 3. The molecule has 0 saturated carbocycles. The quantitative estimate of drug-likeness (QED) is 0.567. The van der Waals surface area contributed by atoms with Gasteiger partial charge in [0.1, 0.15) is 5.69 Å². The van der Waals surface area contributed by atoms with Gasteiger partial charge in [-0.25, -0.2) is 4.98 Å². The van der Waals surface area contributed by atoms with E-state index in [0.29, 0.717) is 24.5 Å². The molecule has 2 aliphatic heterocycles. The number of aliphatic hydroxyl groups excluding tert-OH is 1. The molecular weight excluding hydrogens is 482 g/mol. The number of likely N-dealkylation sites (tertiary alicyclic amines) is 1. The minimum absolute atomic E-state index is 0.113. The maximum atomic E-state index is 13.3. The number of nitrogens with one attached hydrogen (secondary N) is 2. The number of aliphatic hydroxyl groups is 1. The Morgan fingerprint density at radius 3 is 2.61 bits per heavy atom. The lowest BCUT2D eigenvalue weighted by Crippen LogP contribution is -2.36. The Labute approximate surface area is 224 Å². The number of carbonyl (C=O) groups is 2. The first-order valence-corrected chi connectivity index (χ1v) is 13.5. The van der Waals surface area contributed by atoms with Gasteiger partial charge in [-0.15, -0.1) is 0 Å². The van der Waals surface area contributed by atoms with E-state index in [4.69, 9.17) is 0 Å². The molecule has 0 aliphatic carbocycles. The summed E-state index contributed by atoms with van der Waals surface area (Å²) in [7, 11) is 2.02. The first-order valence-electron chi connectivity index (χ1n) is 13.5. The highest BCUT2D eigenvalue weighted by Crippen LogP contribution is 2.26. The van der Waals surface area contributed by atoms with Gasteiger partial charge in [0.05, 0.1) is 24.0 Å². The van der Waals surface area contributed by atoms with E-state index in [1.54, 1.807) is 24.4 Å². The molecule has 0 radical (unpaired) electrons. The van der Waals surface area contributed by atoms with Crippen molar-refractivity contribution in [2.45, 2.75) is 44.6 Å². The van der Waals surface area contributed by atoms with Crippen LogP contribution in [0.4, 0.5) is 5.69 Å². The number of pyridine rings is 1. The minimum atomic E-state index is -0.406. The summed E-state index contributed by atoms with van der Waals surface area (Å²) in [5, 5.41) is 19.7. The summed E-state index contributed by atoms with van der Waals surface area (Å²) in [5.74, 6) is -0.702. The molecule has 204 valence electrons. The van der Waals surface area contributed by atoms with Gasteiger partial charge in [-0.3, -0.25) is 14.3 Å². The molecule has 1 saturated heterocycles. The summed E-state index contributed by atoms with van der Waals surface area (Å²) in [5.41, 5.74) is 2.32. The molecule has 2 aliphatic rings. The van der Waals surface area contributed by atoms with Gasteiger partial charge in [-0.1, -0.05) is 31.6 Å². The molecule has 10 nitrogen and oxygen atoms in total. The number of aromatic nitrogens is 3. The van der Waals surface area contributed by atoms with Gasteiger partial charge in [0, 0.05) is 57.7 Å². The van der Waals surface area contributed by atoms with Gasteiger partial charge < -0.3 is 25.5 Å². The first-order chi connectivity index (χ1) is 18.5. The summed E-state index contributed by atoms with van der Waals surface area (Å²) in [4.78, 5) is 35.3. The zero-order valence-electron chi connectivity index (χ0n) is 22.2. The lowest BCUT2D eigenvalue weighted by molar-refractivity contribution is 0.0946. The summed E-state index contributed by atoms with van der Waals surface area (Å²) >= 11 is 0. The first kappa shape index (κ1) is 27.5. The van der Waals surface area contributed by atoms with Crippen molar-refractivity contribution in [1.82, 2.24) is 29.9 Å². The molecule has 4 rings (SSSR count). The summed E-state index contributed by atoms with van der Waals surface area (Å²) in [6, 6.07) is 5.42. The predicted molar refractivity (Wildman–Crippen MR) is 148 cm³/mol. The third-order valence-electron chi connectivity index (χ3n) is 7.12. The molecule has 2 bridgehead atoms. The van der Waals surface area contributed by atoms with Crippen molar-refractivity contribution in [1.29, 1.82) is 0 Å². The smallest absolute Gasteiger partial charge is 0.274 e. The molecule has 1 fully saturated rings. The Bertz CT molecular complexity index is 1150. The highest BCUT2D eigenvalue weighted by atomic mass is 16.3. The van der Waals surface area contributed by atoms with Gasteiger partial charge in [-0.2, -0.15) is 5.10 Å². The van der Waals surface area contributed by atoms with Gasteiger partial charge in [0.2, 0.25) is 0 Å². The van der Waals surface area contributed by atoms with Crippen LogP contribution in [-0.4, -0.2) is 87.9 Å². The lowest BCUT2D eigenvalue weighted by Gasteiger charge is -2.31. The van der Waals surface area contributed by atoms with Crippen molar-refractivity contribution in [2.75, 3.05) is 51.7 Å². The SMILES string of the molecule is C=C/C1=C\N(C)CCCCCCNC(=O)c2nn(C3CCN(CCO)CC3)cc2NC(=O)c2cccc1n2. The van der Waals surface area contributed by atoms with E-state index in [2.05, 4.69) is 37.1 Å². The standard InChI is InChI=1S/C28H39N7O3/c1-3-21-19-33(2)14-7-5-4-6-13-29-28(38)26-25(31-27(37)24-10-8-9-23(21)30-24)20-35(32-26)22-11-15-34(16-12-22)17-18-36/h3,8-10,19-20,22,36H,1,4-7,11-18H2,2H3,(H,29,38)(H,31,37)/b21-19+. The van der Waals surface area contributed by atoms with Crippen molar-refractivity contribution in [3.05, 3.63) is 60.3 Å². The van der Waals surface area contributed by atoms with E-state index in [-0.39, 0.29) is 29.9 Å². The van der Waals surface area contributed by atoms with E-state index >= 15 is 0 Å². The number of allylic oxidation sites excluding steroid dienone is 2. The van der Waals surface area contributed by atoms with Crippen LogP contribution in [0.25, 0.3) is 5.57 Å². The van der Waals surface area contributed by atoms with E-state index in [9.17, 15) is 14.7 Å². The zero-order valence-corrected chi connectivity index (χ0v) is 22.2. The number of piperidine rings is 1. The van der Waals surface area contributed by atoms with Crippen LogP contribution in [0, 0.1) is 0 Å². The van der Waals surface area contributed by atoms with Crippen molar-refractivity contribution in [2.24, 2.45) is 0 Å². The number of hydrogen-bond acceptors (Lipinski definition) is 7. The number of carbonyl (C=O) groups excluding carboxylic acids is 2. The fourth-order valence-electron chi connectivity index (χ4n) is 4.95. The normalized spacial score (nSPS) is 20.4. The molecule has 2 aromatic heterocycles. The maximum Gasteiger partial charge on any atom is 0.274 e. The Morgan fingerprint density at radius 1 is 1.08 bits per heavy atom. The average molecular weight is 522 g/mol. The molecule has 4 heterocycles. The second-order valence-electron chi connectivity index (χ2n) is 9.97. The van der Waals surface area contributed by atoms with Gasteiger partial charge in [-0.05, 0) is 37.8 Å². The van der Waals surface area contributed by atoms with Crippen LogP contribution in [0.5, 0.6) is 0 Å². The monoisotopic (exact) mass is 521 g/mol. The topological polar surface area (TPSA) is 116 Å². The molecule has 10 heteroatoms. The van der Waals surface area contributed by atoms with E-state index in [1.807, 2.05) is 24.0 Å². The molecule has 0 spiro atoms. The van der Waals surface area contributed by atoms with E-state index in [1.165, 1.54) is 0 Å². The van der Waals surface area contributed by atoms with Gasteiger partial charge >= 0.3 is 0 Å². The molecule has 0 unspecified atom stereocenters. The number of nitrogens with zero attached hydrogens (tertiary/aromatic N) is 5. The highest BCUT2D eigenvalue weighted by molar-refractivity contribution is 6.07. The average Bonchev–Trinajstić information content (AvgIpc) is 3.35. The Morgan fingerprint density at radius 2 is 1.84 bits per heavy atom. The largest absolute Gasteiger partial charge is 0.395 e. The molecule has 2 aromatic rings. The number of amides is 2. The number of rotatable bonds is 4. The Balaban J connectivity index is 1.61. The number of anilines is 1. The van der Waals surface area contributed by atoms with Crippen molar-refractivity contribution in [3.8, 4) is 0 Å². The van der Waals surface area contributed by atoms with E-state index < -0.39 is 5.91 Å². The Hall–Kier alpha value is -3.50. The number of β-amino-alcohol motifs (C(OH)–C–C–N with tert-alkyl or cyclic N) is 1. The fraction of sp³-hybridized carbons (Fsp3) is 0.500. The lowest BCUT2D eigenvalue weighted by atomic mass is 10.1. The van der Waals surface area contributed by atoms with Crippen LogP contribution >= 0.6 is 0 Å². The minimum Gasteiger partial charge on any atom is -0.395 e. The summed E-state index contributed by atoms with van der Waals surface area (Å²) < 4.78 is 1.81. The van der Waals surface area contributed by atoms with Crippen LogP contribution in [0.1, 0.15) is 71.2 Å². The van der Waals surface area contributed by atoms with Crippen LogP contribution in [0.15, 0.2) is 43.3 Å². The van der Waals surface area contributed by atoms with Crippen molar-refractivity contribution < 1.29 is 14.7 Å². The molecular formula is C28H39N7O3. The van der Waals surface area contributed by atoms with Crippen molar-refractivity contribution in [3.63, 3.8) is 0 Å². The van der Waals surface area contributed by atoms with Gasteiger partial charge in [0.15, 0.2) is 5.69 Å². The molecule has 0 aromatic carbocycles. The zero-order chi connectivity index (χ0) is 26.9. The van der Waals surface area contributed by atoms with Gasteiger partial charge in [0.25, 0.3) is 11.8 Å². The summed E-state index contributed by atoms with van der Waals surface area (Å²) in [6.07, 6.45) is 11.2. The molecule has 3 N–H and O–H groups in total. The predicted octanol–water partition coefficient (Wildman–Crippen LogP) is 2.92. The second kappa shape index (κ2) is 13.3. The molecule has 38 heavy (non-hydrogen) atoms. The maximum absolute atomic E-state index is 13.3. The van der Waals surface area contributed by atoms with Crippen LogP contribution < -0.4 is 10.6 Å². The van der Waals surface area contributed by atoms with E-state index in [0.717, 1.165) is 63.7 Å². The summed E-state index contributed by atoms with van der Waals surface area (Å²) in [6.45, 7) is 7.88. The van der Waals surface area contributed by atoms with Crippen molar-refractivity contribution >= 4 is 23.1 Å². The van der Waals surface area contributed by atoms with Crippen LogP contribution in [-0.2, 0) is 0 Å².